The van der Waals surface area contributed by atoms with Crippen molar-refractivity contribution in [2.45, 2.75) is 38.9 Å². The smallest absolute Gasteiger partial charge is 0.220 e. The van der Waals surface area contributed by atoms with E-state index in [-0.39, 0.29) is 18.1 Å². The van der Waals surface area contributed by atoms with Gasteiger partial charge in [-0.05, 0) is 19.3 Å². The minimum atomic E-state index is -0.268. The number of carbonyl (C=O) groups is 1. The third-order valence-corrected chi connectivity index (χ3v) is 2.15. The van der Waals surface area contributed by atoms with Crippen molar-refractivity contribution in [1.82, 2.24) is 0 Å². The third-order valence-electron chi connectivity index (χ3n) is 2.15. The lowest BCUT2D eigenvalue weighted by Gasteiger charge is -2.11. The van der Waals surface area contributed by atoms with Gasteiger partial charge in [0.2, 0.25) is 5.91 Å². The number of amides is 1. The average molecular weight is 157 g/mol. The molecule has 1 amide bonds. The zero-order valence-corrected chi connectivity index (χ0v) is 7.04. The molecule has 3 atom stereocenters. The van der Waals surface area contributed by atoms with Gasteiger partial charge in [-0.2, -0.15) is 0 Å². The van der Waals surface area contributed by atoms with Gasteiger partial charge in [0.1, 0.15) is 0 Å². The van der Waals surface area contributed by atoms with Crippen LogP contribution in [-0.4, -0.2) is 18.1 Å². The van der Waals surface area contributed by atoms with E-state index in [1.54, 1.807) is 0 Å². The first-order valence-electron chi connectivity index (χ1n) is 4.03. The minimum Gasteiger partial charge on any atom is -0.374 e. The highest BCUT2D eigenvalue weighted by atomic mass is 16.5. The maximum Gasteiger partial charge on any atom is 0.220 e. The van der Waals surface area contributed by atoms with E-state index in [9.17, 15) is 4.79 Å². The van der Waals surface area contributed by atoms with Crippen LogP contribution in [0.1, 0.15) is 26.7 Å². The Morgan fingerprint density at radius 1 is 1.64 bits per heavy atom. The standard InChI is InChI=1S/C8H15NO2/c1-5-3-6(2)11-7(5)4-8(9)10/h5-7H,3-4H2,1-2H3,(H2,9,10)/t5-,6?,7?/m1/s1. The number of hydrogen-bond acceptors (Lipinski definition) is 2. The monoisotopic (exact) mass is 157 g/mol. The van der Waals surface area contributed by atoms with Crippen LogP contribution in [0.15, 0.2) is 0 Å². The van der Waals surface area contributed by atoms with Gasteiger partial charge in [0.05, 0.1) is 18.6 Å². The number of hydrogen-bond donors (Lipinski definition) is 1. The Labute approximate surface area is 66.9 Å². The molecule has 0 aliphatic carbocycles. The molecule has 1 aliphatic heterocycles. The van der Waals surface area contributed by atoms with E-state index in [2.05, 4.69) is 6.92 Å². The van der Waals surface area contributed by atoms with E-state index >= 15 is 0 Å². The highest BCUT2D eigenvalue weighted by molar-refractivity contribution is 5.74. The fraction of sp³-hybridized carbons (Fsp3) is 0.875. The zero-order chi connectivity index (χ0) is 8.43. The first kappa shape index (κ1) is 8.53. The first-order chi connectivity index (χ1) is 5.09. The summed E-state index contributed by atoms with van der Waals surface area (Å²) in [6, 6.07) is 0. The molecule has 0 radical (unpaired) electrons. The zero-order valence-electron chi connectivity index (χ0n) is 7.04. The summed E-state index contributed by atoms with van der Waals surface area (Å²) in [6.07, 6.45) is 1.75. The summed E-state index contributed by atoms with van der Waals surface area (Å²) in [5.74, 6) is 0.202. The molecule has 0 bridgehead atoms. The SMILES string of the molecule is CC1C[C@@H](C)C(CC(N)=O)O1. The van der Waals surface area contributed by atoms with E-state index in [0.29, 0.717) is 12.3 Å². The molecule has 3 heteroatoms. The summed E-state index contributed by atoms with van der Waals surface area (Å²) >= 11 is 0. The van der Waals surface area contributed by atoms with Gasteiger partial charge in [-0.25, -0.2) is 0 Å². The molecule has 0 spiro atoms. The van der Waals surface area contributed by atoms with Crippen molar-refractivity contribution >= 4 is 5.91 Å². The van der Waals surface area contributed by atoms with Gasteiger partial charge >= 0.3 is 0 Å². The molecule has 1 rings (SSSR count). The van der Waals surface area contributed by atoms with Gasteiger partial charge in [0.25, 0.3) is 0 Å². The first-order valence-corrected chi connectivity index (χ1v) is 4.03. The average Bonchev–Trinajstić information content (AvgIpc) is 2.09. The molecule has 64 valence electrons. The van der Waals surface area contributed by atoms with Crippen molar-refractivity contribution in [3.8, 4) is 0 Å². The second kappa shape index (κ2) is 3.22. The molecule has 0 saturated carbocycles. The van der Waals surface area contributed by atoms with E-state index in [0.717, 1.165) is 6.42 Å². The number of nitrogens with two attached hydrogens (primary N) is 1. The molecule has 1 heterocycles. The Bertz CT molecular complexity index is 158. The molecular weight excluding hydrogens is 142 g/mol. The van der Waals surface area contributed by atoms with Crippen molar-refractivity contribution in [3.63, 3.8) is 0 Å². The highest BCUT2D eigenvalue weighted by Crippen LogP contribution is 2.27. The van der Waals surface area contributed by atoms with Crippen LogP contribution in [0.25, 0.3) is 0 Å². The molecule has 2 unspecified atom stereocenters. The third kappa shape index (κ3) is 2.19. The predicted molar refractivity (Wildman–Crippen MR) is 41.9 cm³/mol. The number of ether oxygens (including phenoxy) is 1. The summed E-state index contributed by atoms with van der Waals surface area (Å²) in [7, 11) is 0. The van der Waals surface area contributed by atoms with Gasteiger partial charge < -0.3 is 10.5 Å². The number of rotatable bonds is 2. The lowest BCUT2D eigenvalue weighted by Crippen LogP contribution is -2.23. The minimum absolute atomic E-state index is 0.0579. The van der Waals surface area contributed by atoms with Crippen LogP contribution in [0.2, 0.25) is 0 Å². The highest BCUT2D eigenvalue weighted by Gasteiger charge is 2.30. The molecule has 1 fully saturated rings. The van der Waals surface area contributed by atoms with Crippen molar-refractivity contribution < 1.29 is 9.53 Å². The van der Waals surface area contributed by atoms with E-state index < -0.39 is 0 Å². The Hall–Kier alpha value is -0.570. The summed E-state index contributed by atoms with van der Waals surface area (Å²) in [5.41, 5.74) is 5.06. The van der Waals surface area contributed by atoms with Crippen molar-refractivity contribution in [3.05, 3.63) is 0 Å². The van der Waals surface area contributed by atoms with Crippen molar-refractivity contribution in [1.29, 1.82) is 0 Å². The Morgan fingerprint density at radius 3 is 2.64 bits per heavy atom. The predicted octanol–water partition coefficient (Wildman–Crippen LogP) is 0.675. The Morgan fingerprint density at radius 2 is 2.27 bits per heavy atom. The topological polar surface area (TPSA) is 52.3 Å². The molecule has 3 nitrogen and oxygen atoms in total. The normalized spacial score (nSPS) is 37.5. The van der Waals surface area contributed by atoms with Gasteiger partial charge in [0, 0.05) is 0 Å². The summed E-state index contributed by atoms with van der Waals surface area (Å²) in [4.78, 5) is 10.5. The van der Waals surface area contributed by atoms with Crippen LogP contribution in [0.3, 0.4) is 0 Å². The quantitative estimate of drug-likeness (QED) is 0.640. The molecule has 0 aromatic rings. The summed E-state index contributed by atoms with van der Waals surface area (Å²) in [6.45, 7) is 4.12. The van der Waals surface area contributed by atoms with Gasteiger partial charge in [-0.3, -0.25) is 4.79 Å². The molecule has 0 aromatic carbocycles. The molecular formula is C8H15NO2. The van der Waals surface area contributed by atoms with Crippen LogP contribution >= 0.6 is 0 Å². The largest absolute Gasteiger partial charge is 0.374 e. The lowest BCUT2D eigenvalue weighted by molar-refractivity contribution is -0.120. The molecule has 1 saturated heterocycles. The number of primary amides is 1. The van der Waals surface area contributed by atoms with E-state index in [1.807, 2.05) is 6.92 Å². The van der Waals surface area contributed by atoms with Crippen LogP contribution < -0.4 is 5.73 Å². The Balaban J connectivity index is 2.40. The van der Waals surface area contributed by atoms with E-state index in [4.69, 9.17) is 10.5 Å². The van der Waals surface area contributed by atoms with Gasteiger partial charge in [-0.1, -0.05) is 6.92 Å². The molecule has 2 N–H and O–H groups in total. The lowest BCUT2D eigenvalue weighted by atomic mass is 10.00. The van der Waals surface area contributed by atoms with Gasteiger partial charge in [0.15, 0.2) is 0 Å². The van der Waals surface area contributed by atoms with Crippen LogP contribution in [-0.2, 0) is 9.53 Å². The second-order valence-electron chi connectivity index (χ2n) is 3.37. The molecule has 0 aromatic heterocycles. The number of carbonyl (C=O) groups excluding carboxylic acids is 1. The van der Waals surface area contributed by atoms with Crippen LogP contribution in [0, 0.1) is 5.92 Å². The molecule has 1 aliphatic rings. The van der Waals surface area contributed by atoms with Crippen molar-refractivity contribution in [2.24, 2.45) is 11.7 Å². The van der Waals surface area contributed by atoms with Crippen LogP contribution in [0.5, 0.6) is 0 Å². The van der Waals surface area contributed by atoms with Crippen LogP contribution in [0.4, 0.5) is 0 Å². The summed E-state index contributed by atoms with van der Waals surface area (Å²) < 4.78 is 5.48. The summed E-state index contributed by atoms with van der Waals surface area (Å²) in [5, 5.41) is 0. The van der Waals surface area contributed by atoms with Gasteiger partial charge in [-0.15, -0.1) is 0 Å². The fourth-order valence-electron chi connectivity index (χ4n) is 1.61. The second-order valence-corrected chi connectivity index (χ2v) is 3.37. The molecule has 11 heavy (non-hydrogen) atoms. The van der Waals surface area contributed by atoms with Crippen molar-refractivity contribution in [2.75, 3.05) is 0 Å². The van der Waals surface area contributed by atoms with E-state index in [1.165, 1.54) is 0 Å². The maximum absolute atomic E-state index is 10.5. The fourth-order valence-corrected chi connectivity index (χ4v) is 1.61. The Kier molecular flexibility index (Phi) is 2.49. The maximum atomic E-state index is 10.5.